The molecule has 0 aromatic carbocycles. The van der Waals surface area contributed by atoms with Crippen molar-refractivity contribution in [2.75, 3.05) is 13.2 Å². The zero-order chi connectivity index (χ0) is 34.9. The predicted octanol–water partition coefficient (Wildman–Crippen LogP) is 11.5. The van der Waals surface area contributed by atoms with Gasteiger partial charge in [0.1, 0.15) is 6.61 Å². The van der Waals surface area contributed by atoms with Crippen molar-refractivity contribution in [1.82, 2.24) is 0 Å². The molecule has 0 saturated carbocycles. The molecule has 2 N–H and O–H groups in total. The number of phosphoric ester groups is 1. The molecule has 0 bridgehead atoms. The van der Waals surface area contributed by atoms with E-state index >= 15 is 0 Å². The van der Waals surface area contributed by atoms with Crippen molar-refractivity contribution < 1.29 is 37.9 Å². The van der Waals surface area contributed by atoms with Crippen molar-refractivity contribution in [2.45, 2.75) is 213 Å². The van der Waals surface area contributed by atoms with Gasteiger partial charge in [0.25, 0.3) is 0 Å². The van der Waals surface area contributed by atoms with Gasteiger partial charge >= 0.3 is 19.8 Å². The molecule has 0 saturated heterocycles. The molecule has 0 aromatic heterocycles. The topological polar surface area (TPSA) is 119 Å². The number of unbranched alkanes of at least 4 members (excludes halogenated alkanes) is 23. The summed E-state index contributed by atoms with van der Waals surface area (Å²) in [5.41, 5.74) is 0. The van der Waals surface area contributed by atoms with Gasteiger partial charge in [0.15, 0.2) is 6.10 Å². The predicted molar refractivity (Wildman–Crippen MR) is 193 cm³/mol. The van der Waals surface area contributed by atoms with E-state index in [-0.39, 0.29) is 19.4 Å². The summed E-state index contributed by atoms with van der Waals surface area (Å²) in [5, 5.41) is 0. The summed E-state index contributed by atoms with van der Waals surface area (Å²) in [6, 6.07) is 0. The molecule has 0 rings (SSSR count). The molecule has 1 unspecified atom stereocenters. The van der Waals surface area contributed by atoms with E-state index in [1.807, 2.05) is 0 Å². The SMILES string of the molecule is CCCCCCCCCCCCCC(=O)O[C@H](COC(=O)CCCCCCCCCCCCCCCCC(C)CC)COP(=O)(O)O. The van der Waals surface area contributed by atoms with Crippen LogP contribution in [0.4, 0.5) is 0 Å². The molecule has 0 heterocycles. The highest BCUT2D eigenvalue weighted by atomic mass is 31.2. The van der Waals surface area contributed by atoms with Crippen LogP contribution >= 0.6 is 7.82 Å². The fourth-order valence-corrected chi connectivity index (χ4v) is 6.18. The number of hydrogen-bond acceptors (Lipinski definition) is 6. The molecule has 280 valence electrons. The minimum absolute atomic E-state index is 0.218. The third-order valence-corrected chi connectivity index (χ3v) is 9.65. The zero-order valence-electron chi connectivity index (χ0n) is 30.9. The molecule has 9 heteroatoms. The van der Waals surface area contributed by atoms with E-state index in [1.165, 1.54) is 128 Å². The lowest BCUT2D eigenvalue weighted by Gasteiger charge is -2.18. The molecule has 8 nitrogen and oxygen atoms in total. The summed E-state index contributed by atoms with van der Waals surface area (Å²) in [7, 11) is -4.74. The second-order valence-corrected chi connectivity index (χ2v) is 15.1. The number of carbonyl (C=O) groups excluding carboxylic acids is 2. The molecule has 0 aliphatic rings. The van der Waals surface area contributed by atoms with Crippen molar-refractivity contribution >= 4 is 19.8 Å². The van der Waals surface area contributed by atoms with Crippen LogP contribution in [0.15, 0.2) is 0 Å². The molecular weight excluding hydrogens is 615 g/mol. The summed E-state index contributed by atoms with van der Waals surface area (Å²) in [6.45, 7) is 6.06. The van der Waals surface area contributed by atoms with Crippen LogP contribution in [0.3, 0.4) is 0 Å². The Kier molecular flexibility index (Phi) is 32.9. The Balaban J connectivity index is 3.87. The van der Waals surface area contributed by atoms with Gasteiger partial charge in [0.05, 0.1) is 6.61 Å². The largest absolute Gasteiger partial charge is 0.469 e. The Labute approximate surface area is 289 Å². The van der Waals surface area contributed by atoms with Crippen molar-refractivity contribution in [3.63, 3.8) is 0 Å². The highest BCUT2D eigenvalue weighted by Gasteiger charge is 2.22. The number of carbonyl (C=O) groups is 2. The zero-order valence-corrected chi connectivity index (χ0v) is 31.8. The minimum Gasteiger partial charge on any atom is -0.462 e. The maximum atomic E-state index is 12.3. The van der Waals surface area contributed by atoms with Crippen molar-refractivity contribution in [1.29, 1.82) is 0 Å². The van der Waals surface area contributed by atoms with Gasteiger partial charge in [-0.3, -0.25) is 14.1 Å². The molecule has 0 radical (unpaired) electrons. The van der Waals surface area contributed by atoms with E-state index in [0.29, 0.717) is 6.42 Å². The maximum Gasteiger partial charge on any atom is 0.469 e. The fraction of sp³-hybridized carbons (Fsp3) is 0.947. The van der Waals surface area contributed by atoms with Gasteiger partial charge in [-0.25, -0.2) is 4.57 Å². The number of hydrogen-bond donors (Lipinski definition) is 2. The molecular formula is C38H75O8P. The summed E-state index contributed by atoms with van der Waals surface area (Å²) in [4.78, 5) is 42.7. The van der Waals surface area contributed by atoms with E-state index in [0.717, 1.165) is 44.4 Å². The highest BCUT2D eigenvalue weighted by Crippen LogP contribution is 2.36. The van der Waals surface area contributed by atoms with Crippen LogP contribution < -0.4 is 0 Å². The molecule has 0 amide bonds. The third-order valence-electron chi connectivity index (χ3n) is 9.17. The van der Waals surface area contributed by atoms with Crippen LogP contribution in [-0.4, -0.2) is 41.0 Å². The van der Waals surface area contributed by atoms with Crippen molar-refractivity contribution in [2.24, 2.45) is 5.92 Å². The second kappa shape index (κ2) is 33.5. The normalized spacial score (nSPS) is 13.0. The van der Waals surface area contributed by atoms with Crippen molar-refractivity contribution in [3.8, 4) is 0 Å². The number of ether oxygens (including phenoxy) is 2. The second-order valence-electron chi connectivity index (χ2n) is 13.9. The fourth-order valence-electron chi connectivity index (χ4n) is 5.82. The minimum atomic E-state index is -4.74. The van der Waals surface area contributed by atoms with Crippen LogP contribution in [0, 0.1) is 5.92 Å². The highest BCUT2D eigenvalue weighted by molar-refractivity contribution is 7.46. The van der Waals surface area contributed by atoms with Crippen LogP contribution in [0.2, 0.25) is 0 Å². The maximum absolute atomic E-state index is 12.3. The van der Waals surface area contributed by atoms with E-state index < -0.39 is 32.5 Å². The number of phosphoric acid groups is 1. The Hall–Kier alpha value is -0.950. The van der Waals surface area contributed by atoms with Gasteiger partial charge in [0, 0.05) is 12.8 Å². The first-order valence-corrected chi connectivity index (χ1v) is 21.3. The van der Waals surface area contributed by atoms with Crippen LogP contribution in [0.1, 0.15) is 207 Å². The standard InChI is InChI=1S/C38H75O8P/c1-4-6-7-8-9-10-15-20-23-26-29-32-38(40)46-36(34-45-47(41,42)43)33-44-37(39)31-28-25-22-19-17-14-12-11-13-16-18-21-24-27-30-35(3)5-2/h35-36H,4-34H2,1-3H3,(H2,41,42,43)/t35?,36-/m1/s1. The third kappa shape index (κ3) is 36.2. The van der Waals surface area contributed by atoms with Crippen LogP contribution in [0.25, 0.3) is 0 Å². The van der Waals surface area contributed by atoms with Gasteiger partial charge in [0.2, 0.25) is 0 Å². The quantitative estimate of drug-likeness (QED) is 0.0379. The molecule has 0 aromatic rings. The molecule has 0 spiro atoms. The molecule has 47 heavy (non-hydrogen) atoms. The summed E-state index contributed by atoms with van der Waals surface area (Å²) in [6.07, 6.45) is 32.5. The molecule has 2 atom stereocenters. The first kappa shape index (κ1) is 46.0. The summed E-state index contributed by atoms with van der Waals surface area (Å²) >= 11 is 0. The average molecular weight is 691 g/mol. The first-order valence-electron chi connectivity index (χ1n) is 19.7. The van der Waals surface area contributed by atoms with Crippen molar-refractivity contribution in [3.05, 3.63) is 0 Å². The van der Waals surface area contributed by atoms with E-state index in [9.17, 15) is 14.2 Å². The lowest BCUT2D eigenvalue weighted by molar-refractivity contribution is -0.161. The van der Waals surface area contributed by atoms with E-state index in [1.54, 1.807) is 0 Å². The summed E-state index contributed by atoms with van der Waals surface area (Å²) in [5.74, 6) is 0.0115. The van der Waals surface area contributed by atoms with Gasteiger partial charge in [-0.1, -0.05) is 181 Å². The Morgan fingerprint density at radius 1 is 0.553 bits per heavy atom. The average Bonchev–Trinajstić information content (AvgIpc) is 3.04. The lowest BCUT2D eigenvalue weighted by Crippen LogP contribution is -2.29. The lowest BCUT2D eigenvalue weighted by atomic mass is 9.99. The first-order chi connectivity index (χ1) is 22.7. The van der Waals surface area contributed by atoms with Crippen LogP contribution in [0.5, 0.6) is 0 Å². The van der Waals surface area contributed by atoms with Gasteiger partial charge in [-0.05, 0) is 18.8 Å². The van der Waals surface area contributed by atoms with Gasteiger partial charge in [-0.15, -0.1) is 0 Å². The monoisotopic (exact) mass is 691 g/mol. The Morgan fingerprint density at radius 2 is 0.936 bits per heavy atom. The number of rotatable bonds is 36. The van der Waals surface area contributed by atoms with E-state index in [2.05, 4.69) is 25.3 Å². The summed E-state index contributed by atoms with van der Waals surface area (Å²) < 4.78 is 26.3. The molecule has 0 aliphatic heterocycles. The number of esters is 2. The molecule has 0 fully saturated rings. The van der Waals surface area contributed by atoms with Gasteiger partial charge in [-0.2, -0.15) is 0 Å². The van der Waals surface area contributed by atoms with E-state index in [4.69, 9.17) is 19.3 Å². The van der Waals surface area contributed by atoms with Gasteiger partial charge < -0.3 is 19.3 Å². The Bertz CT molecular complexity index is 756. The molecule has 0 aliphatic carbocycles. The Morgan fingerprint density at radius 3 is 1.34 bits per heavy atom. The smallest absolute Gasteiger partial charge is 0.462 e. The van der Waals surface area contributed by atoms with Crippen LogP contribution in [-0.2, 0) is 28.2 Å².